The van der Waals surface area contributed by atoms with E-state index in [1.54, 1.807) is 0 Å². The minimum Gasteiger partial charge on any atom is -0.381 e. The number of ether oxygens (including phenoxy) is 1. The SMILES string of the molecule is Cc1cc(C(CN)N(C)C2CCOCC2)ccc1Br. The number of hydrogen-bond donors (Lipinski definition) is 1. The molecule has 2 rings (SSSR count). The van der Waals surface area contributed by atoms with Crippen LogP contribution in [0.1, 0.15) is 30.0 Å². The van der Waals surface area contributed by atoms with E-state index in [1.807, 2.05) is 0 Å². The highest BCUT2D eigenvalue weighted by molar-refractivity contribution is 9.10. The Labute approximate surface area is 124 Å². The molecule has 1 unspecified atom stereocenters. The fourth-order valence-corrected chi connectivity index (χ4v) is 3.01. The molecule has 4 heteroatoms. The maximum atomic E-state index is 6.02. The lowest BCUT2D eigenvalue weighted by Crippen LogP contribution is -2.41. The van der Waals surface area contributed by atoms with Crippen molar-refractivity contribution in [3.63, 3.8) is 0 Å². The van der Waals surface area contributed by atoms with Gasteiger partial charge in [-0.2, -0.15) is 0 Å². The molecule has 106 valence electrons. The first-order valence-electron chi connectivity index (χ1n) is 6.89. The van der Waals surface area contributed by atoms with Crippen molar-refractivity contribution in [2.24, 2.45) is 5.73 Å². The monoisotopic (exact) mass is 326 g/mol. The van der Waals surface area contributed by atoms with Crippen LogP contribution in [0.25, 0.3) is 0 Å². The number of aryl methyl sites for hydroxylation is 1. The number of rotatable bonds is 4. The number of nitrogens with zero attached hydrogens (tertiary/aromatic N) is 1. The zero-order valence-corrected chi connectivity index (χ0v) is 13.3. The molecule has 0 radical (unpaired) electrons. The number of likely N-dealkylation sites (N-methyl/N-ethyl adjacent to an activating group) is 1. The van der Waals surface area contributed by atoms with E-state index < -0.39 is 0 Å². The second-order valence-electron chi connectivity index (χ2n) is 5.27. The number of nitrogens with two attached hydrogens (primary N) is 1. The Bertz CT molecular complexity index is 419. The molecule has 0 aliphatic carbocycles. The maximum absolute atomic E-state index is 6.02. The van der Waals surface area contributed by atoms with Crippen LogP contribution in [0.2, 0.25) is 0 Å². The fourth-order valence-electron chi connectivity index (χ4n) is 2.76. The first kappa shape index (κ1) is 15.0. The van der Waals surface area contributed by atoms with Gasteiger partial charge in [0.05, 0.1) is 0 Å². The van der Waals surface area contributed by atoms with Gasteiger partial charge >= 0.3 is 0 Å². The normalized spacial score (nSPS) is 18.8. The molecule has 1 fully saturated rings. The van der Waals surface area contributed by atoms with Crippen LogP contribution in [0.4, 0.5) is 0 Å². The van der Waals surface area contributed by atoms with Crippen molar-refractivity contribution in [1.82, 2.24) is 4.90 Å². The summed E-state index contributed by atoms with van der Waals surface area (Å²) in [6.45, 7) is 4.50. The Hall–Kier alpha value is -0.420. The zero-order valence-electron chi connectivity index (χ0n) is 11.7. The average Bonchev–Trinajstić information content (AvgIpc) is 2.44. The van der Waals surface area contributed by atoms with Gasteiger partial charge in [-0.15, -0.1) is 0 Å². The van der Waals surface area contributed by atoms with Crippen molar-refractivity contribution in [3.8, 4) is 0 Å². The quantitative estimate of drug-likeness (QED) is 0.924. The summed E-state index contributed by atoms with van der Waals surface area (Å²) in [5, 5.41) is 0. The van der Waals surface area contributed by atoms with Gasteiger partial charge in [-0.25, -0.2) is 0 Å². The van der Waals surface area contributed by atoms with E-state index in [2.05, 4.69) is 53.0 Å². The molecule has 0 bridgehead atoms. The molecule has 1 aromatic rings. The van der Waals surface area contributed by atoms with Crippen LogP contribution in [-0.2, 0) is 4.74 Å². The van der Waals surface area contributed by atoms with Gasteiger partial charge in [0.1, 0.15) is 0 Å². The number of halogens is 1. The summed E-state index contributed by atoms with van der Waals surface area (Å²) in [7, 11) is 2.19. The van der Waals surface area contributed by atoms with Gasteiger partial charge in [0.2, 0.25) is 0 Å². The third-order valence-electron chi connectivity index (χ3n) is 4.05. The van der Waals surface area contributed by atoms with Crippen molar-refractivity contribution >= 4 is 15.9 Å². The molecule has 1 atom stereocenters. The van der Waals surface area contributed by atoms with Crippen molar-refractivity contribution in [3.05, 3.63) is 33.8 Å². The van der Waals surface area contributed by atoms with Gasteiger partial charge in [-0.05, 0) is 44.0 Å². The summed E-state index contributed by atoms with van der Waals surface area (Å²) < 4.78 is 6.59. The highest BCUT2D eigenvalue weighted by atomic mass is 79.9. The van der Waals surface area contributed by atoms with E-state index in [4.69, 9.17) is 10.5 Å². The average molecular weight is 327 g/mol. The van der Waals surface area contributed by atoms with Gasteiger partial charge in [-0.3, -0.25) is 4.90 Å². The Morgan fingerprint density at radius 3 is 2.68 bits per heavy atom. The van der Waals surface area contributed by atoms with Crippen LogP contribution < -0.4 is 5.73 Å². The van der Waals surface area contributed by atoms with Crippen LogP contribution in [0.5, 0.6) is 0 Å². The molecular weight excluding hydrogens is 304 g/mol. The summed E-state index contributed by atoms with van der Waals surface area (Å²) in [4.78, 5) is 2.42. The van der Waals surface area contributed by atoms with Gasteiger partial charge in [-0.1, -0.05) is 28.1 Å². The van der Waals surface area contributed by atoms with Crippen molar-refractivity contribution < 1.29 is 4.74 Å². The lowest BCUT2D eigenvalue weighted by atomic mass is 9.99. The Morgan fingerprint density at radius 1 is 1.42 bits per heavy atom. The van der Waals surface area contributed by atoms with E-state index in [9.17, 15) is 0 Å². The van der Waals surface area contributed by atoms with Crippen LogP contribution in [0.3, 0.4) is 0 Å². The molecule has 0 amide bonds. The molecule has 3 nitrogen and oxygen atoms in total. The fraction of sp³-hybridized carbons (Fsp3) is 0.600. The molecule has 0 aromatic heterocycles. The van der Waals surface area contributed by atoms with E-state index in [0.29, 0.717) is 12.6 Å². The van der Waals surface area contributed by atoms with Crippen molar-refractivity contribution in [1.29, 1.82) is 0 Å². The van der Waals surface area contributed by atoms with Crippen LogP contribution in [0.15, 0.2) is 22.7 Å². The van der Waals surface area contributed by atoms with Crippen LogP contribution in [-0.4, -0.2) is 37.7 Å². The van der Waals surface area contributed by atoms with Gasteiger partial charge in [0.25, 0.3) is 0 Å². The lowest BCUT2D eigenvalue weighted by molar-refractivity contribution is 0.0294. The zero-order chi connectivity index (χ0) is 13.8. The molecule has 0 spiro atoms. The van der Waals surface area contributed by atoms with Crippen LogP contribution >= 0.6 is 15.9 Å². The predicted molar refractivity (Wildman–Crippen MR) is 82.3 cm³/mol. The minimum absolute atomic E-state index is 0.287. The van der Waals surface area contributed by atoms with E-state index in [1.165, 1.54) is 11.1 Å². The largest absolute Gasteiger partial charge is 0.381 e. The van der Waals surface area contributed by atoms with Gasteiger partial charge in [0.15, 0.2) is 0 Å². The Balaban J connectivity index is 2.15. The standard InChI is InChI=1S/C15H23BrN2O/c1-11-9-12(3-4-14(11)16)15(10-17)18(2)13-5-7-19-8-6-13/h3-4,9,13,15H,5-8,10,17H2,1-2H3. The smallest absolute Gasteiger partial charge is 0.0480 e. The summed E-state index contributed by atoms with van der Waals surface area (Å²) in [5.74, 6) is 0. The summed E-state index contributed by atoms with van der Waals surface area (Å²) in [6.07, 6.45) is 2.20. The summed E-state index contributed by atoms with van der Waals surface area (Å²) in [6, 6.07) is 7.38. The molecule has 1 aromatic carbocycles. The molecule has 1 aliphatic rings. The summed E-state index contributed by atoms with van der Waals surface area (Å²) in [5.41, 5.74) is 8.58. The third kappa shape index (κ3) is 3.57. The predicted octanol–water partition coefficient (Wildman–Crippen LogP) is 2.87. The topological polar surface area (TPSA) is 38.5 Å². The molecule has 0 saturated carbocycles. The molecule has 1 aliphatic heterocycles. The maximum Gasteiger partial charge on any atom is 0.0480 e. The number of hydrogen-bond acceptors (Lipinski definition) is 3. The highest BCUT2D eigenvalue weighted by Gasteiger charge is 2.25. The second kappa shape index (κ2) is 6.84. The van der Waals surface area contributed by atoms with E-state index in [0.717, 1.165) is 30.5 Å². The van der Waals surface area contributed by atoms with Crippen molar-refractivity contribution in [2.45, 2.75) is 31.8 Å². The summed E-state index contributed by atoms with van der Waals surface area (Å²) >= 11 is 3.55. The molecule has 2 N–H and O–H groups in total. The van der Waals surface area contributed by atoms with Gasteiger partial charge in [0, 0.05) is 36.3 Å². The number of benzene rings is 1. The Kier molecular flexibility index (Phi) is 5.39. The Morgan fingerprint density at radius 2 is 2.11 bits per heavy atom. The van der Waals surface area contributed by atoms with E-state index >= 15 is 0 Å². The van der Waals surface area contributed by atoms with Gasteiger partial charge < -0.3 is 10.5 Å². The van der Waals surface area contributed by atoms with Crippen molar-refractivity contribution in [2.75, 3.05) is 26.8 Å². The first-order valence-corrected chi connectivity index (χ1v) is 7.68. The van der Waals surface area contributed by atoms with E-state index in [-0.39, 0.29) is 6.04 Å². The molecular formula is C15H23BrN2O. The highest BCUT2D eigenvalue weighted by Crippen LogP contribution is 2.27. The second-order valence-corrected chi connectivity index (χ2v) is 6.12. The third-order valence-corrected chi connectivity index (χ3v) is 4.94. The minimum atomic E-state index is 0.287. The first-order chi connectivity index (χ1) is 9.13. The molecule has 1 saturated heterocycles. The molecule has 19 heavy (non-hydrogen) atoms. The molecule has 1 heterocycles. The lowest BCUT2D eigenvalue weighted by Gasteiger charge is -2.37. The van der Waals surface area contributed by atoms with Crippen LogP contribution in [0, 0.1) is 6.92 Å².